The molecule has 0 radical (unpaired) electrons. The second-order valence-corrected chi connectivity index (χ2v) is 9.36. The van der Waals surface area contributed by atoms with Gasteiger partial charge in [-0.3, -0.25) is 14.6 Å². The molecule has 1 heterocycles. The summed E-state index contributed by atoms with van der Waals surface area (Å²) >= 11 is 0. The van der Waals surface area contributed by atoms with E-state index in [0.717, 1.165) is 63.5 Å². The SMILES string of the molecule is CCN(CC)C(=O)c1ccc(C(Cc2cccc(N)c2)N2CCN(Cc3ccccc3)CC2)cc1. The van der Waals surface area contributed by atoms with Crippen molar-refractivity contribution in [3.8, 4) is 0 Å². The zero-order valence-electron chi connectivity index (χ0n) is 21.1. The zero-order chi connectivity index (χ0) is 24.6. The van der Waals surface area contributed by atoms with Gasteiger partial charge in [0.15, 0.2) is 0 Å². The van der Waals surface area contributed by atoms with E-state index >= 15 is 0 Å². The van der Waals surface area contributed by atoms with Crippen molar-refractivity contribution in [2.24, 2.45) is 0 Å². The molecular weight excluding hydrogens is 432 g/mol. The Morgan fingerprint density at radius 3 is 2.14 bits per heavy atom. The first-order chi connectivity index (χ1) is 17.1. The molecule has 1 fully saturated rings. The summed E-state index contributed by atoms with van der Waals surface area (Å²) in [4.78, 5) is 19.8. The predicted molar refractivity (Wildman–Crippen MR) is 144 cm³/mol. The van der Waals surface area contributed by atoms with E-state index in [4.69, 9.17) is 5.73 Å². The van der Waals surface area contributed by atoms with Crippen molar-refractivity contribution in [1.82, 2.24) is 14.7 Å². The maximum absolute atomic E-state index is 12.8. The lowest BCUT2D eigenvalue weighted by Crippen LogP contribution is -2.47. The number of nitrogen functional groups attached to an aromatic ring is 1. The summed E-state index contributed by atoms with van der Waals surface area (Å²) in [5.41, 5.74) is 11.5. The third-order valence-corrected chi connectivity index (χ3v) is 7.07. The molecule has 3 aromatic carbocycles. The molecule has 0 spiro atoms. The van der Waals surface area contributed by atoms with Crippen LogP contribution in [0.5, 0.6) is 0 Å². The highest BCUT2D eigenvalue weighted by atomic mass is 16.2. The fraction of sp³-hybridized carbons (Fsp3) is 0.367. The van der Waals surface area contributed by atoms with Gasteiger partial charge >= 0.3 is 0 Å². The maximum atomic E-state index is 12.8. The molecule has 0 aliphatic carbocycles. The molecule has 1 atom stereocenters. The molecule has 1 aliphatic heterocycles. The van der Waals surface area contributed by atoms with Crippen LogP contribution in [-0.2, 0) is 13.0 Å². The van der Waals surface area contributed by atoms with Gasteiger partial charge in [0, 0.05) is 63.1 Å². The van der Waals surface area contributed by atoms with Gasteiger partial charge in [0.05, 0.1) is 0 Å². The normalized spacial score (nSPS) is 15.6. The minimum absolute atomic E-state index is 0.100. The van der Waals surface area contributed by atoms with Crippen LogP contribution in [0, 0.1) is 0 Å². The monoisotopic (exact) mass is 470 g/mol. The summed E-state index contributed by atoms with van der Waals surface area (Å²) in [7, 11) is 0. The van der Waals surface area contributed by atoms with E-state index in [1.807, 2.05) is 43.0 Å². The molecular formula is C30H38N4O. The van der Waals surface area contributed by atoms with E-state index in [0.29, 0.717) is 0 Å². The van der Waals surface area contributed by atoms with Crippen LogP contribution in [0.15, 0.2) is 78.9 Å². The molecule has 1 unspecified atom stereocenters. The van der Waals surface area contributed by atoms with Crippen LogP contribution < -0.4 is 5.73 Å². The van der Waals surface area contributed by atoms with Crippen LogP contribution in [0.4, 0.5) is 5.69 Å². The summed E-state index contributed by atoms with van der Waals surface area (Å²) < 4.78 is 0. The van der Waals surface area contributed by atoms with Gasteiger partial charge in [-0.05, 0) is 61.2 Å². The van der Waals surface area contributed by atoms with Crippen molar-refractivity contribution in [3.63, 3.8) is 0 Å². The number of rotatable bonds is 9. The molecule has 1 saturated heterocycles. The van der Waals surface area contributed by atoms with Gasteiger partial charge in [0.25, 0.3) is 5.91 Å². The molecule has 35 heavy (non-hydrogen) atoms. The van der Waals surface area contributed by atoms with E-state index in [2.05, 4.69) is 64.4 Å². The molecule has 5 nitrogen and oxygen atoms in total. The molecule has 184 valence electrons. The Balaban J connectivity index is 1.50. The standard InChI is InChI=1S/C30H38N4O/c1-3-33(4-2)30(35)27-15-13-26(14-16-27)29(22-25-11-8-12-28(31)21-25)34-19-17-32(18-20-34)23-24-9-6-5-7-10-24/h5-16,21,29H,3-4,17-20,22-23,31H2,1-2H3. The number of anilines is 1. The molecule has 2 N–H and O–H groups in total. The first-order valence-corrected chi connectivity index (χ1v) is 12.8. The van der Waals surface area contributed by atoms with Gasteiger partial charge in [0.1, 0.15) is 0 Å². The Kier molecular flexibility index (Phi) is 8.56. The summed E-state index contributed by atoms with van der Waals surface area (Å²) in [5.74, 6) is 0.100. The Hall–Kier alpha value is -3.15. The van der Waals surface area contributed by atoms with Gasteiger partial charge in [-0.15, -0.1) is 0 Å². The first-order valence-electron chi connectivity index (χ1n) is 12.8. The Bertz CT molecular complexity index is 1070. The van der Waals surface area contributed by atoms with Gasteiger partial charge in [-0.1, -0.05) is 54.6 Å². The van der Waals surface area contributed by atoms with Crippen LogP contribution >= 0.6 is 0 Å². The number of nitrogens with zero attached hydrogens (tertiary/aromatic N) is 3. The fourth-order valence-corrected chi connectivity index (χ4v) is 5.02. The molecule has 0 aromatic heterocycles. The highest BCUT2D eigenvalue weighted by Gasteiger charge is 2.26. The number of hydrogen-bond acceptors (Lipinski definition) is 4. The Morgan fingerprint density at radius 2 is 1.51 bits per heavy atom. The molecule has 1 aliphatic rings. The molecule has 4 rings (SSSR count). The lowest BCUT2D eigenvalue weighted by Gasteiger charge is -2.40. The number of amides is 1. The van der Waals surface area contributed by atoms with Crippen molar-refractivity contribution in [2.45, 2.75) is 32.9 Å². The lowest BCUT2D eigenvalue weighted by atomic mass is 9.95. The van der Waals surface area contributed by atoms with Crippen molar-refractivity contribution < 1.29 is 4.79 Å². The summed E-state index contributed by atoms with van der Waals surface area (Å²) in [6.07, 6.45) is 0.896. The quantitative estimate of drug-likeness (QED) is 0.454. The Morgan fingerprint density at radius 1 is 0.857 bits per heavy atom. The number of piperazine rings is 1. The smallest absolute Gasteiger partial charge is 0.253 e. The second kappa shape index (κ2) is 12.0. The van der Waals surface area contributed by atoms with Crippen LogP contribution in [-0.4, -0.2) is 59.9 Å². The van der Waals surface area contributed by atoms with Gasteiger partial charge < -0.3 is 10.6 Å². The number of benzene rings is 3. The van der Waals surface area contributed by atoms with Crippen LogP contribution in [0.3, 0.4) is 0 Å². The molecule has 1 amide bonds. The number of nitrogens with two attached hydrogens (primary N) is 1. The van der Waals surface area contributed by atoms with E-state index in [-0.39, 0.29) is 11.9 Å². The van der Waals surface area contributed by atoms with Crippen molar-refractivity contribution >= 4 is 11.6 Å². The van der Waals surface area contributed by atoms with Crippen molar-refractivity contribution in [3.05, 3.63) is 101 Å². The lowest BCUT2D eigenvalue weighted by molar-refractivity contribution is 0.0772. The highest BCUT2D eigenvalue weighted by molar-refractivity contribution is 5.94. The van der Waals surface area contributed by atoms with E-state index in [9.17, 15) is 4.79 Å². The Labute approximate surface area is 210 Å². The molecule has 5 heteroatoms. The van der Waals surface area contributed by atoms with E-state index in [1.165, 1.54) is 16.7 Å². The minimum Gasteiger partial charge on any atom is -0.399 e. The summed E-state index contributed by atoms with van der Waals surface area (Å²) in [6, 6.07) is 27.4. The number of carbonyl (C=O) groups is 1. The van der Waals surface area contributed by atoms with Gasteiger partial charge in [0.2, 0.25) is 0 Å². The third kappa shape index (κ3) is 6.50. The maximum Gasteiger partial charge on any atom is 0.253 e. The second-order valence-electron chi connectivity index (χ2n) is 9.36. The van der Waals surface area contributed by atoms with Gasteiger partial charge in [-0.25, -0.2) is 0 Å². The van der Waals surface area contributed by atoms with Crippen LogP contribution in [0.25, 0.3) is 0 Å². The third-order valence-electron chi connectivity index (χ3n) is 7.07. The molecule has 0 bridgehead atoms. The topological polar surface area (TPSA) is 52.8 Å². The number of carbonyl (C=O) groups excluding carboxylic acids is 1. The zero-order valence-corrected chi connectivity index (χ0v) is 21.1. The molecule has 3 aromatic rings. The van der Waals surface area contributed by atoms with Crippen molar-refractivity contribution in [2.75, 3.05) is 45.0 Å². The average Bonchev–Trinajstić information content (AvgIpc) is 2.89. The molecule has 0 saturated carbocycles. The van der Waals surface area contributed by atoms with E-state index < -0.39 is 0 Å². The largest absolute Gasteiger partial charge is 0.399 e. The van der Waals surface area contributed by atoms with E-state index in [1.54, 1.807) is 0 Å². The number of hydrogen-bond donors (Lipinski definition) is 1. The summed E-state index contributed by atoms with van der Waals surface area (Å²) in [6.45, 7) is 10.6. The highest BCUT2D eigenvalue weighted by Crippen LogP contribution is 2.28. The first kappa shape index (κ1) is 25.0. The minimum atomic E-state index is 0.100. The predicted octanol–water partition coefficient (Wildman–Crippen LogP) is 4.85. The average molecular weight is 471 g/mol. The van der Waals surface area contributed by atoms with Crippen LogP contribution in [0.1, 0.15) is 46.9 Å². The van der Waals surface area contributed by atoms with Crippen LogP contribution in [0.2, 0.25) is 0 Å². The van der Waals surface area contributed by atoms with Crippen molar-refractivity contribution in [1.29, 1.82) is 0 Å². The fourth-order valence-electron chi connectivity index (χ4n) is 5.02. The van der Waals surface area contributed by atoms with Gasteiger partial charge in [-0.2, -0.15) is 0 Å². The summed E-state index contributed by atoms with van der Waals surface area (Å²) in [5, 5.41) is 0.